The van der Waals surface area contributed by atoms with Crippen LogP contribution in [-0.4, -0.2) is 38.6 Å². The Bertz CT molecular complexity index is 1360. The molecule has 1 unspecified atom stereocenters. The number of carbonyl (C=O) groups is 1. The monoisotopic (exact) mass is 573 g/mol. The Labute approximate surface area is 247 Å². The molecule has 0 aliphatic heterocycles. The number of hydrogen-bond donors (Lipinski definition) is 2. The molecule has 2 N–H and O–H groups in total. The van der Waals surface area contributed by atoms with Gasteiger partial charge < -0.3 is 28.8 Å². The van der Waals surface area contributed by atoms with Gasteiger partial charge in [-0.1, -0.05) is 42.8 Å². The highest BCUT2D eigenvalue weighted by atomic mass is 16.6. The molecule has 0 radical (unpaired) electrons. The van der Waals surface area contributed by atoms with Gasteiger partial charge in [0.2, 0.25) is 5.75 Å². The second kappa shape index (κ2) is 15.5. The number of hydrogen-bond acceptors (Lipinski definition) is 7. The summed E-state index contributed by atoms with van der Waals surface area (Å²) in [6.45, 7) is 0.146. The van der Waals surface area contributed by atoms with Crippen molar-refractivity contribution in [3.05, 3.63) is 89.0 Å². The molecule has 1 atom stereocenters. The van der Waals surface area contributed by atoms with Crippen molar-refractivity contribution < 1.29 is 33.6 Å². The second-order valence-corrected chi connectivity index (χ2v) is 9.94. The SMILES string of the molecule is COc1cc(/C=C\c2ccc(OCc3ccc(NC(=O)OC4/C=C/CCCCC4)cc3)c(CO)c2)cc(OC)c1OC. The fourth-order valence-corrected chi connectivity index (χ4v) is 4.71. The first-order valence-electron chi connectivity index (χ1n) is 14.1. The molecule has 3 aromatic carbocycles. The lowest BCUT2D eigenvalue weighted by Crippen LogP contribution is -2.21. The maximum Gasteiger partial charge on any atom is 0.412 e. The largest absolute Gasteiger partial charge is 0.493 e. The maximum atomic E-state index is 12.3. The van der Waals surface area contributed by atoms with E-state index in [-0.39, 0.29) is 12.7 Å². The van der Waals surface area contributed by atoms with E-state index < -0.39 is 6.09 Å². The summed E-state index contributed by atoms with van der Waals surface area (Å²) in [5.41, 5.74) is 4.02. The lowest BCUT2D eigenvalue weighted by Gasteiger charge is -2.16. The molecule has 0 aromatic heterocycles. The van der Waals surface area contributed by atoms with E-state index in [1.807, 2.05) is 72.8 Å². The Kier molecular flexibility index (Phi) is 11.3. The summed E-state index contributed by atoms with van der Waals surface area (Å²) in [6, 6.07) is 16.8. The Morgan fingerprint density at radius 1 is 0.881 bits per heavy atom. The molecule has 3 aromatic rings. The normalized spacial score (nSPS) is 15.8. The lowest BCUT2D eigenvalue weighted by atomic mass is 10.0. The van der Waals surface area contributed by atoms with Crippen LogP contribution in [-0.2, 0) is 18.0 Å². The van der Waals surface area contributed by atoms with Crippen LogP contribution in [0.15, 0.2) is 66.7 Å². The van der Waals surface area contributed by atoms with Gasteiger partial charge in [-0.2, -0.15) is 0 Å². The minimum Gasteiger partial charge on any atom is -0.493 e. The smallest absolute Gasteiger partial charge is 0.412 e. The number of aliphatic hydroxyl groups is 1. The summed E-state index contributed by atoms with van der Waals surface area (Å²) in [6.07, 6.45) is 12.6. The number of benzene rings is 3. The quantitative estimate of drug-likeness (QED) is 0.182. The fraction of sp³-hybridized carbons (Fsp3) is 0.324. The van der Waals surface area contributed by atoms with Crippen molar-refractivity contribution in [3.8, 4) is 23.0 Å². The molecule has 0 spiro atoms. The summed E-state index contributed by atoms with van der Waals surface area (Å²) in [4.78, 5) is 12.3. The molecule has 1 aliphatic carbocycles. The number of anilines is 1. The van der Waals surface area contributed by atoms with Crippen LogP contribution in [0.25, 0.3) is 12.2 Å². The second-order valence-electron chi connectivity index (χ2n) is 9.94. The predicted octanol–water partition coefficient (Wildman–Crippen LogP) is 7.39. The highest BCUT2D eigenvalue weighted by Crippen LogP contribution is 2.38. The third-order valence-electron chi connectivity index (χ3n) is 6.97. The minimum atomic E-state index is -0.457. The zero-order chi connectivity index (χ0) is 29.7. The van der Waals surface area contributed by atoms with E-state index in [1.165, 1.54) is 6.42 Å². The van der Waals surface area contributed by atoms with E-state index >= 15 is 0 Å². The van der Waals surface area contributed by atoms with Crippen molar-refractivity contribution in [2.45, 2.75) is 51.4 Å². The fourth-order valence-electron chi connectivity index (χ4n) is 4.71. The first kappa shape index (κ1) is 30.5. The summed E-state index contributed by atoms with van der Waals surface area (Å²) in [5, 5.41) is 12.8. The zero-order valence-corrected chi connectivity index (χ0v) is 24.4. The first-order chi connectivity index (χ1) is 20.5. The molecule has 4 rings (SSSR count). The first-order valence-corrected chi connectivity index (χ1v) is 14.1. The molecule has 0 bridgehead atoms. The van der Waals surface area contributed by atoms with Gasteiger partial charge in [0.15, 0.2) is 11.5 Å². The van der Waals surface area contributed by atoms with Gasteiger partial charge in [0.25, 0.3) is 0 Å². The maximum absolute atomic E-state index is 12.3. The van der Waals surface area contributed by atoms with Crippen molar-refractivity contribution in [3.63, 3.8) is 0 Å². The van der Waals surface area contributed by atoms with Gasteiger partial charge in [-0.25, -0.2) is 4.79 Å². The Morgan fingerprint density at radius 3 is 2.31 bits per heavy atom. The van der Waals surface area contributed by atoms with Gasteiger partial charge in [-0.05, 0) is 84.8 Å². The number of ether oxygens (including phenoxy) is 5. The lowest BCUT2D eigenvalue weighted by molar-refractivity contribution is 0.127. The van der Waals surface area contributed by atoms with Crippen LogP contribution in [0.5, 0.6) is 23.0 Å². The third kappa shape index (κ3) is 8.54. The van der Waals surface area contributed by atoms with Crippen LogP contribution < -0.4 is 24.3 Å². The van der Waals surface area contributed by atoms with Crippen LogP contribution in [0.4, 0.5) is 10.5 Å². The van der Waals surface area contributed by atoms with E-state index in [9.17, 15) is 9.90 Å². The van der Waals surface area contributed by atoms with Crippen LogP contribution in [0, 0.1) is 0 Å². The van der Waals surface area contributed by atoms with Gasteiger partial charge in [0.05, 0.1) is 27.9 Å². The molecule has 8 nitrogen and oxygen atoms in total. The molecular weight excluding hydrogens is 534 g/mol. The van der Waals surface area contributed by atoms with Gasteiger partial charge in [-0.3, -0.25) is 5.32 Å². The number of allylic oxidation sites excluding steroid dienone is 1. The molecule has 0 heterocycles. The predicted molar refractivity (Wildman–Crippen MR) is 164 cm³/mol. The highest BCUT2D eigenvalue weighted by molar-refractivity contribution is 5.84. The van der Waals surface area contributed by atoms with Gasteiger partial charge in [0.1, 0.15) is 18.5 Å². The molecule has 42 heavy (non-hydrogen) atoms. The minimum absolute atomic E-state index is 0.164. The average molecular weight is 574 g/mol. The number of rotatable bonds is 11. The van der Waals surface area contributed by atoms with Crippen LogP contribution in [0.3, 0.4) is 0 Å². The van der Waals surface area contributed by atoms with E-state index in [0.29, 0.717) is 40.9 Å². The van der Waals surface area contributed by atoms with Crippen LogP contribution >= 0.6 is 0 Å². The number of carbonyl (C=O) groups excluding carboxylic acids is 1. The van der Waals surface area contributed by atoms with Gasteiger partial charge in [-0.15, -0.1) is 0 Å². The Morgan fingerprint density at radius 2 is 1.62 bits per heavy atom. The van der Waals surface area contributed by atoms with E-state index in [0.717, 1.165) is 42.4 Å². The van der Waals surface area contributed by atoms with Crippen molar-refractivity contribution in [1.29, 1.82) is 0 Å². The molecule has 0 saturated heterocycles. The van der Waals surface area contributed by atoms with Crippen molar-refractivity contribution in [1.82, 2.24) is 0 Å². The summed E-state index contributed by atoms with van der Waals surface area (Å²) in [7, 11) is 4.73. The molecular formula is C34H39NO7. The Balaban J connectivity index is 1.34. The topological polar surface area (TPSA) is 95.5 Å². The van der Waals surface area contributed by atoms with Crippen molar-refractivity contribution in [2.75, 3.05) is 26.6 Å². The molecule has 1 aliphatic rings. The van der Waals surface area contributed by atoms with E-state index in [2.05, 4.69) is 11.4 Å². The van der Waals surface area contributed by atoms with Gasteiger partial charge >= 0.3 is 6.09 Å². The Hall–Kier alpha value is -4.43. The third-order valence-corrected chi connectivity index (χ3v) is 6.97. The van der Waals surface area contributed by atoms with Crippen LogP contribution in [0.1, 0.15) is 54.4 Å². The number of nitrogens with one attached hydrogen (secondary N) is 1. The summed E-state index contributed by atoms with van der Waals surface area (Å²) >= 11 is 0. The van der Waals surface area contributed by atoms with Crippen molar-refractivity contribution >= 4 is 23.9 Å². The van der Waals surface area contributed by atoms with E-state index in [4.69, 9.17) is 23.7 Å². The highest BCUT2D eigenvalue weighted by Gasteiger charge is 2.14. The van der Waals surface area contributed by atoms with Crippen LogP contribution in [0.2, 0.25) is 0 Å². The number of amides is 1. The van der Waals surface area contributed by atoms with E-state index in [1.54, 1.807) is 21.3 Å². The number of methoxy groups -OCH3 is 3. The summed E-state index contributed by atoms with van der Waals surface area (Å²) < 4.78 is 27.8. The summed E-state index contributed by atoms with van der Waals surface area (Å²) in [5.74, 6) is 2.28. The average Bonchev–Trinajstić information content (AvgIpc) is 3.00. The van der Waals surface area contributed by atoms with Gasteiger partial charge in [0, 0.05) is 11.3 Å². The standard InChI is InChI=1S/C34H39NO7/c1-38-31-20-26(21-32(39-2)33(31)40-3)12-11-24-15-18-30(27(19-24)22-36)41-23-25-13-16-28(17-14-25)35-34(37)42-29-9-7-5-4-6-8-10-29/h7,9,11-21,29,36H,4-6,8,10,22-23H2,1-3H3,(H,35,37)/b9-7+,12-11-. The molecule has 8 heteroatoms. The number of aliphatic hydroxyl groups excluding tert-OH is 1. The van der Waals surface area contributed by atoms with Crippen molar-refractivity contribution in [2.24, 2.45) is 0 Å². The zero-order valence-electron chi connectivity index (χ0n) is 24.4. The molecule has 1 amide bonds. The molecule has 0 saturated carbocycles. The molecule has 222 valence electrons. The molecule has 0 fully saturated rings.